The van der Waals surface area contributed by atoms with Gasteiger partial charge in [-0.15, -0.1) is 0 Å². The average Bonchev–Trinajstić information content (AvgIpc) is 3.02. The summed E-state index contributed by atoms with van der Waals surface area (Å²) in [5.41, 5.74) is -1.77. The van der Waals surface area contributed by atoms with Crippen molar-refractivity contribution in [3.8, 4) is 0 Å². The van der Waals surface area contributed by atoms with Gasteiger partial charge in [0.15, 0.2) is 0 Å². The number of aliphatic hydroxyl groups is 4. The second-order valence-electron chi connectivity index (χ2n) is 13.6. The van der Waals surface area contributed by atoms with Crippen molar-refractivity contribution in [3.63, 3.8) is 0 Å². The van der Waals surface area contributed by atoms with Crippen molar-refractivity contribution >= 4 is 10.4 Å². The Labute approximate surface area is 216 Å². The van der Waals surface area contributed by atoms with Gasteiger partial charge in [0.2, 0.25) is 10.4 Å². The van der Waals surface area contributed by atoms with Crippen LogP contribution in [0.2, 0.25) is 0 Å². The van der Waals surface area contributed by atoms with Crippen LogP contribution >= 0.6 is 0 Å². The molecule has 4 saturated carbocycles. The molecule has 0 aromatic heterocycles. The molecule has 8 nitrogen and oxygen atoms in total. The summed E-state index contributed by atoms with van der Waals surface area (Å²) >= 11 is 0. The van der Waals surface area contributed by atoms with Crippen LogP contribution in [0.1, 0.15) is 92.4 Å². The van der Waals surface area contributed by atoms with Crippen LogP contribution in [0.25, 0.3) is 0 Å². The summed E-state index contributed by atoms with van der Waals surface area (Å²) in [6, 6.07) is 0. The molecule has 0 unspecified atom stereocenters. The van der Waals surface area contributed by atoms with Gasteiger partial charge in [-0.05, 0) is 91.8 Å². The monoisotopic (exact) mass is 531 g/mol. The molecule has 0 radical (unpaired) electrons. The van der Waals surface area contributed by atoms with Gasteiger partial charge in [-0.1, -0.05) is 34.6 Å². The van der Waals surface area contributed by atoms with E-state index >= 15 is 0 Å². The third kappa shape index (κ3) is 4.80. The molecule has 4 fully saturated rings. The highest BCUT2D eigenvalue weighted by molar-refractivity contribution is 7.80. The topological polar surface area (TPSA) is 147 Å². The fourth-order valence-corrected chi connectivity index (χ4v) is 10.3. The Morgan fingerprint density at radius 2 is 1.61 bits per heavy atom. The Morgan fingerprint density at radius 1 is 0.972 bits per heavy atom. The molecule has 0 aliphatic heterocycles. The normalized spacial score (nSPS) is 48.7. The third-order valence-electron chi connectivity index (χ3n) is 11.3. The van der Waals surface area contributed by atoms with E-state index in [2.05, 4.69) is 20.8 Å². The molecular formula is C27H47O8S-. The highest BCUT2D eigenvalue weighted by Gasteiger charge is 2.70. The summed E-state index contributed by atoms with van der Waals surface area (Å²) in [7, 11) is -4.78. The van der Waals surface area contributed by atoms with Gasteiger partial charge >= 0.3 is 0 Å². The summed E-state index contributed by atoms with van der Waals surface area (Å²) in [5, 5.41) is 45.3. The van der Waals surface area contributed by atoms with Crippen molar-refractivity contribution in [2.45, 2.75) is 122 Å². The summed E-state index contributed by atoms with van der Waals surface area (Å²) in [5.74, 6) is -0.301. The maximum absolute atomic E-state index is 12.4. The second kappa shape index (κ2) is 9.72. The minimum atomic E-state index is -4.78. The SMILES string of the molecule is CC(C)[C@H](CC[C@@H](C)[C@H]1C[C@@H](O)[C@@H]2[C@]1(C)CC[C@@H]1[C@@]3(C)CC[C@H](O)C[C@@H]3[C@@H](O)C[C@]12O)OS(=O)(=O)[O-]. The minimum absolute atomic E-state index is 0.0336. The van der Waals surface area contributed by atoms with Gasteiger partial charge < -0.3 is 25.0 Å². The van der Waals surface area contributed by atoms with E-state index in [9.17, 15) is 33.4 Å². The van der Waals surface area contributed by atoms with E-state index in [-0.39, 0.29) is 52.8 Å². The summed E-state index contributed by atoms with van der Waals surface area (Å²) in [6.07, 6.45) is 3.08. The first-order chi connectivity index (χ1) is 16.5. The predicted octanol–water partition coefficient (Wildman–Crippen LogP) is 2.98. The van der Waals surface area contributed by atoms with Crippen molar-refractivity contribution in [1.82, 2.24) is 0 Å². The first-order valence-electron chi connectivity index (χ1n) is 13.9. The Hall–Kier alpha value is -0.290. The fourth-order valence-electron chi connectivity index (χ4n) is 9.68. The summed E-state index contributed by atoms with van der Waals surface area (Å²) in [4.78, 5) is 0. The molecule has 210 valence electrons. The zero-order valence-electron chi connectivity index (χ0n) is 22.5. The van der Waals surface area contributed by atoms with Crippen molar-refractivity contribution in [2.24, 2.45) is 46.3 Å². The zero-order chi connectivity index (χ0) is 26.8. The number of hydrogen-bond donors (Lipinski definition) is 4. The predicted molar refractivity (Wildman–Crippen MR) is 133 cm³/mol. The third-order valence-corrected chi connectivity index (χ3v) is 11.8. The van der Waals surface area contributed by atoms with Crippen molar-refractivity contribution in [1.29, 1.82) is 0 Å². The summed E-state index contributed by atoms with van der Waals surface area (Å²) < 4.78 is 38.4. The fraction of sp³-hybridized carbons (Fsp3) is 1.00. The van der Waals surface area contributed by atoms with Crippen molar-refractivity contribution in [3.05, 3.63) is 0 Å². The van der Waals surface area contributed by atoms with Crippen LogP contribution in [0.5, 0.6) is 0 Å². The Morgan fingerprint density at radius 3 is 2.22 bits per heavy atom. The van der Waals surface area contributed by atoms with Gasteiger partial charge in [0.1, 0.15) is 0 Å². The molecule has 4 N–H and O–H groups in total. The molecule has 0 spiro atoms. The standard InChI is InChI=1S/C27H48O8S/c1-15(2)22(35-36(32,33)34)7-6-16(3)18-13-20(29)24-26(18,5)11-9-23-25(4)10-8-17(28)12-19(25)21(30)14-27(23,24)31/h15-24,28-31H,6-14H2,1-5H3,(H,32,33,34)/p-1/t16-,17+,18-,19-,20-,21+,22+,23-,24-,25+,26-,27+/m1/s1. The molecule has 4 aliphatic rings. The van der Waals surface area contributed by atoms with E-state index in [1.807, 2.05) is 13.8 Å². The van der Waals surface area contributed by atoms with Gasteiger partial charge in [0, 0.05) is 12.3 Å². The molecule has 0 heterocycles. The summed E-state index contributed by atoms with van der Waals surface area (Å²) in [6.45, 7) is 10.1. The first-order valence-corrected chi connectivity index (χ1v) is 15.3. The zero-order valence-corrected chi connectivity index (χ0v) is 23.3. The molecule has 0 bridgehead atoms. The van der Waals surface area contributed by atoms with Gasteiger partial charge in [0.25, 0.3) is 0 Å². The van der Waals surface area contributed by atoms with Crippen LogP contribution < -0.4 is 0 Å². The number of hydrogen-bond acceptors (Lipinski definition) is 8. The van der Waals surface area contributed by atoms with Crippen molar-refractivity contribution in [2.75, 3.05) is 0 Å². The highest BCUT2D eigenvalue weighted by atomic mass is 32.3. The second-order valence-corrected chi connectivity index (χ2v) is 14.6. The molecule has 4 aliphatic carbocycles. The van der Waals surface area contributed by atoms with E-state index in [4.69, 9.17) is 4.18 Å². The molecule has 0 aromatic carbocycles. The van der Waals surface area contributed by atoms with Crippen molar-refractivity contribution < 1.29 is 37.6 Å². The average molecular weight is 532 g/mol. The first kappa shape index (κ1) is 28.7. The van der Waals surface area contributed by atoms with Crippen LogP contribution in [0.4, 0.5) is 0 Å². The quantitative estimate of drug-likeness (QED) is 0.290. The minimum Gasteiger partial charge on any atom is -0.726 e. The molecule has 36 heavy (non-hydrogen) atoms. The lowest BCUT2D eigenvalue weighted by molar-refractivity contribution is -0.263. The molecule has 9 heteroatoms. The van der Waals surface area contributed by atoms with Gasteiger partial charge in [-0.2, -0.15) is 0 Å². The number of rotatable bonds is 7. The molecule has 4 rings (SSSR count). The molecule has 0 amide bonds. The molecular weight excluding hydrogens is 484 g/mol. The van der Waals surface area contributed by atoms with E-state index in [1.165, 1.54) is 0 Å². The largest absolute Gasteiger partial charge is 0.726 e. The number of aliphatic hydroxyl groups excluding tert-OH is 3. The lowest BCUT2D eigenvalue weighted by atomic mass is 9.42. The van der Waals surface area contributed by atoms with E-state index in [1.54, 1.807) is 0 Å². The molecule has 12 atom stereocenters. The van der Waals surface area contributed by atoms with Crippen LogP contribution in [0.15, 0.2) is 0 Å². The van der Waals surface area contributed by atoms with Crippen LogP contribution in [-0.2, 0) is 14.6 Å². The Kier molecular flexibility index (Phi) is 7.75. The molecule has 0 aromatic rings. The number of fused-ring (bicyclic) bond motifs is 5. The highest BCUT2D eigenvalue weighted by Crippen LogP contribution is 2.69. The lowest BCUT2D eigenvalue weighted by Gasteiger charge is -2.66. The maximum atomic E-state index is 12.4. The van der Waals surface area contributed by atoms with E-state index in [0.717, 1.165) is 19.3 Å². The Bertz CT molecular complexity index is 909. The van der Waals surface area contributed by atoms with Crippen LogP contribution in [0, 0.1) is 46.3 Å². The van der Waals surface area contributed by atoms with Gasteiger partial charge in [0.05, 0.1) is 30.0 Å². The maximum Gasteiger partial charge on any atom is 0.217 e. The van der Waals surface area contributed by atoms with Gasteiger partial charge in [-0.3, -0.25) is 4.18 Å². The van der Waals surface area contributed by atoms with E-state index < -0.39 is 40.4 Å². The van der Waals surface area contributed by atoms with Gasteiger partial charge in [-0.25, -0.2) is 8.42 Å². The smallest absolute Gasteiger partial charge is 0.217 e. The van der Waals surface area contributed by atoms with Crippen LogP contribution in [0.3, 0.4) is 0 Å². The Balaban J connectivity index is 1.55. The van der Waals surface area contributed by atoms with E-state index in [0.29, 0.717) is 32.1 Å². The lowest BCUT2D eigenvalue weighted by Crippen LogP contribution is -2.68. The van der Waals surface area contributed by atoms with Crippen LogP contribution in [-0.4, -0.2) is 63.4 Å². The molecule has 0 saturated heterocycles.